The lowest BCUT2D eigenvalue weighted by molar-refractivity contribution is -0.914. The first-order chi connectivity index (χ1) is 11.7. The molecule has 124 valence electrons. The normalized spacial score (nSPS) is 16.4. The van der Waals surface area contributed by atoms with Crippen LogP contribution in [0.25, 0.3) is 0 Å². The molecule has 1 aliphatic rings. The van der Waals surface area contributed by atoms with Crippen LogP contribution in [0.1, 0.15) is 12.5 Å². The Labute approximate surface area is 145 Å². The Balaban J connectivity index is 1.56. The van der Waals surface area contributed by atoms with Crippen LogP contribution in [0, 0.1) is 11.3 Å². The van der Waals surface area contributed by atoms with Gasteiger partial charge in [0.05, 0.1) is 11.8 Å². The predicted octanol–water partition coefficient (Wildman–Crippen LogP) is 0.166. The van der Waals surface area contributed by atoms with Crippen LogP contribution >= 0.6 is 11.3 Å². The number of nitrogens with zero attached hydrogens (tertiary/aromatic N) is 2. The maximum atomic E-state index is 12.5. The third-order valence-electron chi connectivity index (χ3n) is 4.47. The van der Waals surface area contributed by atoms with Crippen LogP contribution < -0.4 is 20.1 Å². The molecule has 24 heavy (non-hydrogen) atoms. The van der Waals surface area contributed by atoms with Crippen LogP contribution in [0.5, 0.6) is 0 Å². The summed E-state index contributed by atoms with van der Waals surface area (Å²) < 4.78 is 0. The first kappa shape index (κ1) is 16.4. The predicted molar refractivity (Wildman–Crippen MR) is 93.0 cm³/mol. The van der Waals surface area contributed by atoms with Gasteiger partial charge < -0.3 is 10.2 Å². The first-order valence-electron chi connectivity index (χ1n) is 8.03. The van der Waals surface area contributed by atoms with Gasteiger partial charge >= 0.3 is 0 Å². The van der Waals surface area contributed by atoms with E-state index in [9.17, 15) is 4.79 Å². The molecule has 1 saturated heterocycles. The van der Waals surface area contributed by atoms with Gasteiger partial charge in [0.2, 0.25) is 0 Å². The molecule has 0 radical (unpaired) electrons. The molecule has 0 spiro atoms. The van der Waals surface area contributed by atoms with Crippen molar-refractivity contribution in [3.63, 3.8) is 0 Å². The lowest BCUT2D eigenvalue weighted by Gasteiger charge is -2.31. The van der Waals surface area contributed by atoms with E-state index in [0.29, 0.717) is 10.6 Å². The number of aromatic nitrogens is 1. The van der Waals surface area contributed by atoms with Gasteiger partial charge in [-0.25, -0.2) is 4.98 Å². The zero-order valence-electron chi connectivity index (χ0n) is 13.6. The number of quaternary nitrogens is 1. The van der Waals surface area contributed by atoms with E-state index in [1.54, 1.807) is 6.07 Å². The molecule has 0 aliphatic carbocycles. The largest absolute Gasteiger partial charge is 0.318 e. The van der Waals surface area contributed by atoms with Gasteiger partial charge in [0.15, 0.2) is 6.04 Å². The lowest BCUT2D eigenvalue weighted by atomic mass is 10.2. The quantitative estimate of drug-likeness (QED) is 0.831. The van der Waals surface area contributed by atoms with Crippen LogP contribution in [0.3, 0.4) is 0 Å². The van der Waals surface area contributed by atoms with E-state index in [1.807, 2.05) is 30.6 Å². The van der Waals surface area contributed by atoms with Gasteiger partial charge in [-0.3, -0.25) is 9.69 Å². The number of hydrogen-bond donors (Lipinski definition) is 2. The summed E-state index contributed by atoms with van der Waals surface area (Å²) in [5, 5.41) is 14.4. The average Bonchev–Trinajstić information content (AvgIpc) is 3.09. The van der Waals surface area contributed by atoms with E-state index in [0.717, 1.165) is 32.0 Å². The standard InChI is InChI=1S/C17H19N5OS/c1-13(16(23)20-17-14(12-18)5-11-24-17)21-7-9-22(10-8-21)15-4-2-3-6-19-15/h2-6,11,13H,7-10H2,1H3,(H,20,23)/p+2/t13-/m0/s1. The van der Waals surface area contributed by atoms with Gasteiger partial charge in [0, 0.05) is 6.07 Å². The minimum Gasteiger partial charge on any atom is -0.318 e. The Morgan fingerprint density at radius 2 is 2.21 bits per heavy atom. The van der Waals surface area contributed by atoms with Crippen LogP contribution in [0.15, 0.2) is 35.8 Å². The van der Waals surface area contributed by atoms with Gasteiger partial charge in [-0.05, 0) is 24.4 Å². The van der Waals surface area contributed by atoms with Crippen molar-refractivity contribution in [2.24, 2.45) is 0 Å². The highest BCUT2D eigenvalue weighted by Gasteiger charge is 2.32. The van der Waals surface area contributed by atoms with Gasteiger partial charge in [-0.15, -0.1) is 11.3 Å². The first-order valence-corrected chi connectivity index (χ1v) is 8.91. The number of anilines is 2. The molecule has 3 N–H and O–H groups in total. The fourth-order valence-corrected chi connectivity index (χ4v) is 3.69. The number of nitrogens with one attached hydrogen (secondary N) is 3. The molecule has 2 aromatic rings. The van der Waals surface area contributed by atoms with E-state index in [1.165, 1.54) is 16.2 Å². The summed E-state index contributed by atoms with van der Waals surface area (Å²) in [5.74, 6) is 1.09. The molecule has 3 rings (SSSR count). The number of thiophene rings is 1. The number of carbonyl (C=O) groups is 1. The number of carbonyl (C=O) groups excluding carboxylic acids is 1. The molecule has 1 aliphatic heterocycles. The van der Waals surface area contributed by atoms with E-state index in [2.05, 4.69) is 27.3 Å². The summed E-state index contributed by atoms with van der Waals surface area (Å²) in [6, 6.07) is 9.76. The second-order valence-corrected chi connectivity index (χ2v) is 6.80. The number of aromatic amines is 1. The summed E-state index contributed by atoms with van der Waals surface area (Å²) >= 11 is 1.39. The van der Waals surface area contributed by atoms with Gasteiger partial charge in [0.25, 0.3) is 11.7 Å². The Morgan fingerprint density at radius 1 is 1.42 bits per heavy atom. The molecule has 6 nitrogen and oxygen atoms in total. The van der Waals surface area contributed by atoms with Crippen LogP contribution in [0.2, 0.25) is 0 Å². The van der Waals surface area contributed by atoms with Crippen molar-refractivity contribution >= 4 is 28.1 Å². The average molecular weight is 343 g/mol. The number of hydrogen-bond acceptors (Lipinski definition) is 4. The third kappa shape index (κ3) is 3.55. The maximum absolute atomic E-state index is 12.5. The van der Waals surface area contributed by atoms with Gasteiger partial charge in [-0.1, -0.05) is 6.07 Å². The van der Waals surface area contributed by atoms with Crippen LogP contribution in [-0.2, 0) is 4.79 Å². The molecule has 1 fully saturated rings. The zero-order valence-corrected chi connectivity index (χ0v) is 14.4. The van der Waals surface area contributed by atoms with Crippen molar-refractivity contribution in [3.05, 3.63) is 41.4 Å². The lowest BCUT2D eigenvalue weighted by Crippen LogP contribution is -3.19. The summed E-state index contributed by atoms with van der Waals surface area (Å²) in [7, 11) is 0. The van der Waals surface area contributed by atoms with Crippen LogP contribution in [0.4, 0.5) is 10.8 Å². The third-order valence-corrected chi connectivity index (χ3v) is 5.30. The topological polar surface area (TPSA) is 74.7 Å². The number of amides is 1. The number of rotatable bonds is 4. The summed E-state index contributed by atoms with van der Waals surface area (Å²) in [6.07, 6.45) is 1.93. The molecular weight excluding hydrogens is 322 g/mol. The molecule has 0 bridgehead atoms. The summed E-state index contributed by atoms with van der Waals surface area (Å²) in [5.41, 5.74) is 0.528. The number of nitriles is 1. The summed E-state index contributed by atoms with van der Waals surface area (Å²) in [4.78, 5) is 19.3. The van der Waals surface area contributed by atoms with Gasteiger partial charge in [0.1, 0.15) is 37.2 Å². The molecule has 2 aromatic heterocycles. The highest BCUT2D eigenvalue weighted by Crippen LogP contribution is 2.22. The van der Waals surface area contributed by atoms with Crippen molar-refractivity contribution in [3.8, 4) is 6.07 Å². The second-order valence-electron chi connectivity index (χ2n) is 5.88. The Bertz CT molecular complexity index is 731. The molecule has 7 heteroatoms. The SMILES string of the molecule is C[C@@H](C(=O)Nc1sccc1C#N)[NH+]1CCN(c2cccc[nH+]2)CC1. The van der Waals surface area contributed by atoms with E-state index >= 15 is 0 Å². The molecule has 1 amide bonds. The fraction of sp³-hybridized carbons (Fsp3) is 0.353. The molecule has 0 aromatic carbocycles. The Morgan fingerprint density at radius 3 is 2.88 bits per heavy atom. The fourth-order valence-electron chi connectivity index (χ4n) is 2.95. The highest BCUT2D eigenvalue weighted by atomic mass is 32.1. The van der Waals surface area contributed by atoms with Crippen molar-refractivity contribution < 1.29 is 14.7 Å². The highest BCUT2D eigenvalue weighted by molar-refractivity contribution is 7.14. The molecular formula is C17H21N5OS+2. The summed E-state index contributed by atoms with van der Waals surface area (Å²) in [6.45, 7) is 5.60. The zero-order chi connectivity index (χ0) is 16.9. The van der Waals surface area contributed by atoms with Gasteiger partial charge in [-0.2, -0.15) is 5.26 Å². The van der Waals surface area contributed by atoms with Crippen LogP contribution in [-0.4, -0.2) is 38.1 Å². The minimum atomic E-state index is -0.138. The minimum absolute atomic E-state index is 0.0244. The number of piperazine rings is 1. The van der Waals surface area contributed by atoms with Crippen molar-refractivity contribution in [1.82, 2.24) is 0 Å². The number of H-pyrrole nitrogens is 1. The molecule has 0 unspecified atom stereocenters. The van der Waals surface area contributed by atoms with Crippen molar-refractivity contribution in [1.29, 1.82) is 5.26 Å². The van der Waals surface area contributed by atoms with E-state index in [4.69, 9.17) is 5.26 Å². The van der Waals surface area contributed by atoms with E-state index in [-0.39, 0.29) is 11.9 Å². The second kappa shape index (κ2) is 7.43. The monoisotopic (exact) mass is 343 g/mol. The van der Waals surface area contributed by atoms with Crippen molar-refractivity contribution in [2.75, 3.05) is 36.4 Å². The van der Waals surface area contributed by atoms with E-state index < -0.39 is 0 Å². The molecule has 3 heterocycles. The maximum Gasteiger partial charge on any atom is 0.283 e. The molecule has 0 saturated carbocycles. The Kier molecular flexibility index (Phi) is 5.08. The molecule has 1 atom stereocenters. The van der Waals surface area contributed by atoms with Crippen molar-refractivity contribution in [2.45, 2.75) is 13.0 Å². The Hall–Kier alpha value is -2.43. The number of pyridine rings is 1. The smallest absolute Gasteiger partial charge is 0.283 e.